The number of nitrogens with one attached hydrogen (secondary N) is 3. The van der Waals surface area contributed by atoms with Gasteiger partial charge in [0.05, 0.1) is 38.9 Å². The number of carbonyl (C=O) groups excluding carboxylic acids is 2. The fourth-order valence-corrected chi connectivity index (χ4v) is 5.36. The van der Waals surface area contributed by atoms with Gasteiger partial charge >= 0.3 is 28.0 Å². The molecule has 25 heteroatoms. The molecule has 0 unspecified atom stereocenters. The maximum absolute atomic E-state index is 12.5. The molecule has 64 heavy (non-hydrogen) atoms. The molecule has 0 amide bonds. The highest BCUT2D eigenvalue weighted by molar-refractivity contribution is 6.80. The second kappa shape index (κ2) is 30.5. The van der Waals surface area contributed by atoms with Crippen molar-refractivity contribution >= 4 is 109 Å². The molecule has 5 rings (SSSR count). The van der Waals surface area contributed by atoms with Crippen LogP contribution < -0.4 is 27.5 Å². The van der Waals surface area contributed by atoms with E-state index < -0.39 is 43.7 Å². The number of aryl methyl sites for hydroxylation is 1. The predicted octanol–water partition coefficient (Wildman–Crippen LogP) is 7.19. The number of esters is 1. The number of aromatic amines is 1. The molecule has 0 atom stereocenters. The van der Waals surface area contributed by atoms with Crippen LogP contribution in [0.4, 0.5) is 32.8 Å². The first-order valence-corrected chi connectivity index (χ1v) is 20.4. The van der Waals surface area contributed by atoms with Gasteiger partial charge in [-0.2, -0.15) is 4.39 Å². The number of fused-ring (bicyclic) bond motifs is 1. The van der Waals surface area contributed by atoms with E-state index in [0.717, 1.165) is 17.8 Å². The number of rotatable bonds is 15. The van der Waals surface area contributed by atoms with Crippen molar-refractivity contribution in [1.82, 2.24) is 9.55 Å². The number of hydrogen-bond donors (Lipinski definition) is 7. The summed E-state index contributed by atoms with van der Waals surface area (Å²) in [5.41, 5.74) is 6.76. The van der Waals surface area contributed by atoms with Crippen molar-refractivity contribution in [3.8, 4) is 0 Å². The summed E-state index contributed by atoms with van der Waals surface area (Å²) in [5, 5.41) is 53.1. The summed E-state index contributed by atoms with van der Waals surface area (Å²) in [7, 11) is 0. The van der Waals surface area contributed by atoms with Crippen LogP contribution >= 0.6 is 58.0 Å². The highest BCUT2D eigenvalue weighted by atomic mass is 35.5. The lowest BCUT2D eigenvalue weighted by Crippen LogP contribution is -2.36. The highest BCUT2D eigenvalue weighted by Gasteiger charge is 2.14. The van der Waals surface area contributed by atoms with Crippen molar-refractivity contribution in [3.63, 3.8) is 0 Å². The van der Waals surface area contributed by atoms with Crippen molar-refractivity contribution < 1.29 is 43.9 Å². The van der Waals surface area contributed by atoms with Gasteiger partial charge in [-0.1, -0.05) is 46.4 Å². The van der Waals surface area contributed by atoms with Crippen LogP contribution in [0.1, 0.15) is 26.2 Å². The molecule has 0 bridgehead atoms. The third-order valence-electron chi connectivity index (χ3n) is 7.49. The number of nitrogens with two attached hydrogens (primary N) is 1. The van der Waals surface area contributed by atoms with E-state index >= 15 is 0 Å². The molecule has 4 aromatic carbocycles. The minimum atomic E-state index is -1.08. The molecule has 0 aliphatic rings. The van der Waals surface area contributed by atoms with E-state index in [4.69, 9.17) is 79.1 Å². The number of benzene rings is 4. The zero-order chi connectivity index (χ0) is 48.4. The van der Waals surface area contributed by atoms with E-state index in [0.29, 0.717) is 76.4 Å². The Hall–Kier alpha value is -5.58. The first-order chi connectivity index (χ1) is 30.3. The van der Waals surface area contributed by atoms with Gasteiger partial charge in [0.1, 0.15) is 5.69 Å². The molecule has 0 fully saturated rings. The van der Waals surface area contributed by atoms with Crippen LogP contribution in [0, 0.1) is 26.0 Å². The van der Waals surface area contributed by atoms with Crippen molar-refractivity contribution in [2.75, 3.05) is 55.9 Å². The van der Waals surface area contributed by atoms with Crippen molar-refractivity contribution in [2.24, 2.45) is 0 Å². The normalized spacial score (nSPS) is 9.97. The average Bonchev–Trinajstić information content (AvgIpc) is 3.24. The Bertz CT molecular complexity index is 2440. The van der Waals surface area contributed by atoms with E-state index in [1.807, 2.05) is 6.07 Å². The molecule has 1 heterocycles. The van der Waals surface area contributed by atoms with Crippen LogP contribution in [0.3, 0.4) is 0 Å². The number of halogens is 6. The quantitative estimate of drug-likeness (QED) is 0.0104. The molecule has 0 spiro atoms. The lowest BCUT2D eigenvalue weighted by Gasteiger charge is -2.08. The van der Waals surface area contributed by atoms with Crippen molar-refractivity contribution in [1.29, 1.82) is 0 Å². The number of H-pyrrole nitrogens is 1. The van der Waals surface area contributed by atoms with Crippen LogP contribution in [0.15, 0.2) is 82.4 Å². The number of aliphatic hydroxyl groups excluding tert-OH is 3. The van der Waals surface area contributed by atoms with Gasteiger partial charge < -0.3 is 46.0 Å². The zero-order valence-corrected chi connectivity index (χ0v) is 37.5. The zero-order valence-electron chi connectivity index (χ0n) is 33.7. The van der Waals surface area contributed by atoms with Crippen molar-refractivity contribution in [3.05, 3.63) is 140 Å². The second-order valence-corrected chi connectivity index (χ2v) is 14.2. The first-order valence-electron chi connectivity index (χ1n) is 18.5. The molecule has 5 aromatic rings. The maximum Gasteiger partial charge on any atom is 0.391 e. The average molecular weight is 998 g/mol. The number of aliphatic hydroxyl groups is 3. The van der Waals surface area contributed by atoms with Crippen LogP contribution in [0.2, 0.25) is 20.1 Å². The minimum absolute atomic E-state index is 0.0334. The summed E-state index contributed by atoms with van der Waals surface area (Å²) >= 11 is 27.3. The van der Waals surface area contributed by atoms with E-state index in [1.54, 1.807) is 49.4 Å². The van der Waals surface area contributed by atoms with Crippen LogP contribution in [-0.2, 0) is 20.9 Å². The number of nitro groups is 2. The van der Waals surface area contributed by atoms with Gasteiger partial charge in [0, 0.05) is 71.7 Å². The first kappa shape index (κ1) is 56.4. The SMILES string of the molecule is CCOC(=O)C(=O)Cl.Nc1cc(Cl)ccc1NCCCO.O=[N+]([O-])c1cc(Cl)ccc1F.O=[N+]([O-])c1cc(Cl)ccc1NCCCO.O=c1[nH]c2cc(Cl)ccc2n(CCCO)c1=O. The summed E-state index contributed by atoms with van der Waals surface area (Å²) < 4.78 is 18.1. The largest absolute Gasteiger partial charge is 0.459 e. The standard InChI is InChI=1S/C11H11ClN2O3.C9H11ClN2O3.C9H13ClN2O.C6H3ClFNO2.C4H5ClO3/c12-7-2-3-9-8(6-7)13-10(16)11(17)14(9)4-1-5-15;10-7-2-3-8(11-4-1-5-13)9(6-7)12(14)15;10-7-2-3-9(8(11)6-7)12-4-1-5-13;7-4-1-2-5(8)6(3-4)9(10)11;1-2-8-4(7)3(5)6/h2-3,6,15H,1,4-5H2,(H,13,16);2-3,6,11,13H,1,4-5H2;2-3,6,12-13H,1,4-5,11H2;1-3H;2H2,1H3. The number of ether oxygens (including phenoxy) is 1. The predicted molar refractivity (Wildman–Crippen MR) is 245 cm³/mol. The fourth-order valence-electron chi connectivity index (χ4n) is 4.62. The fraction of sp³-hybridized carbons (Fsp3) is 0.282. The topological polar surface area (TPSA) is 295 Å². The van der Waals surface area contributed by atoms with Gasteiger partial charge in [-0.25, -0.2) is 4.79 Å². The summed E-state index contributed by atoms with van der Waals surface area (Å²) in [4.78, 5) is 64.9. The van der Waals surface area contributed by atoms with Gasteiger partial charge in [0.2, 0.25) is 5.82 Å². The molecule has 0 aliphatic carbocycles. The number of nitrogens with zero attached hydrogens (tertiary/aromatic N) is 3. The van der Waals surface area contributed by atoms with Crippen LogP contribution in [0.25, 0.3) is 11.0 Å². The Kier molecular flexibility index (Phi) is 26.9. The molecular weight excluding hydrogens is 955 g/mol. The van der Waals surface area contributed by atoms with Gasteiger partial charge in [-0.15, -0.1) is 0 Å². The number of hydrogen-bond acceptors (Lipinski definition) is 15. The number of anilines is 3. The molecule has 0 radical (unpaired) electrons. The Morgan fingerprint density at radius 3 is 1.73 bits per heavy atom. The molecule has 0 saturated heterocycles. The number of nitro benzene ring substituents is 2. The van der Waals surface area contributed by atoms with Crippen LogP contribution in [-0.4, -0.2) is 85.4 Å². The molecule has 0 saturated carbocycles. The molecule has 19 nitrogen and oxygen atoms in total. The van der Waals surface area contributed by atoms with Crippen molar-refractivity contribution in [2.45, 2.75) is 32.7 Å². The third kappa shape index (κ3) is 20.7. The van der Waals surface area contributed by atoms with Crippen LogP contribution in [0.5, 0.6) is 0 Å². The summed E-state index contributed by atoms with van der Waals surface area (Å²) in [5.74, 6) is -1.87. The Morgan fingerprint density at radius 1 is 0.766 bits per heavy atom. The number of nitrogen functional groups attached to an aromatic ring is 1. The summed E-state index contributed by atoms with van der Waals surface area (Å²) in [6.45, 7) is 3.47. The van der Waals surface area contributed by atoms with E-state index in [1.165, 1.54) is 16.7 Å². The maximum atomic E-state index is 12.5. The van der Waals surface area contributed by atoms with E-state index in [-0.39, 0.29) is 37.1 Å². The lowest BCUT2D eigenvalue weighted by molar-refractivity contribution is -0.387. The highest BCUT2D eigenvalue weighted by Crippen LogP contribution is 2.28. The van der Waals surface area contributed by atoms with Gasteiger partial charge in [0.25, 0.3) is 5.69 Å². The van der Waals surface area contributed by atoms with Gasteiger partial charge in [-0.05, 0) is 98.5 Å². The Morgan fingerprint density at radius 2 is 1.25 bits per heavy atom. The molecule has 8 N–H and O–H groups in total. The molecular formula is C39H43Cl5FN7O12. The summed E-state index contributed by atoms with van der Waals surface area (Å²) in [6.07, 6.45) is 1.67. The third-order valence-corrected chi connectivity index (χ3v) is 8.58. The van der Waals surface area contributed by atoms with Gasteiger partial charge in [0.15, 0.2) is 0 Å². The van der Waals surface area contributed by atoms with E-state index in [2.05, 4.69) is 20.4 Å². The Balaban J connectivity index is 0.000000408. The molecule has 0 aliphatic heterocycles. The Labute approximate surface area is 388 Å². The lowest BCUT2D eigenvalue weighted by atomic mass is 10.2. The number of aromatic nitrogens is 2. The van der Waals surface area contributed by atoms with Gasteiger partial charge in [-0.3, -0.25) is 34.6 Å². The molecule has 348 valence electrons. The second-order valence-electron chi connectivity index (χ2n) is 12.2. The smallest absolute Gasteiger partial charge is 0.391 e. The number of carbonyl (C=O) groups is 2. The minimum Gasteiger partial charge on any atom is -0.459 e. The van der Waals surface area contributed by atoms with E-state index in [9.17, 15) is 43.8 Å². The monoisotopic (exact) mass is 995 g/mol. The summed E-state index contributed by atoms with van der Waals surface area (Å²) in [6, 6.07) is 17.8. The molecule has 1 aromatic heterocycles.